The Morgan fingerprint density at radius 1 is 1.19 bits per heavy atom. The molecule has 1 amide bonds. The number of nitrogens with zero attached hydrogens (tertiary/aromatic N) is 1. The molecule has 0 spiro atoms. The molecule has 2 aromatic rings. The zero-order valence-electron chi connectivity index (χ0n) is 14.7. The van der Waals surface area contributed by atoms with Crippen molar-refractivity contribution >= 4 is 31.9 Å². The predicted octanol–water partition coefficient (Wildman–Crippen LogP) is 2.79. The smallest absolute Gasteiger partial charge is 0.240 e. The van der Waals surface area contributed by atoms with E-state index in [1.165, 1.54) is 29.2 Å². The van der Waals surface area contributed by atoms with Crippen LogP contribution >= 0.6 is 15.9 Å². The quantitative estimate of drug-likeness (QED) is 0.626. The molecule has 0 radical (unpaired) electrons. The van der Waals surface area contributed by atoms with Crippen LogP contribution in [0.4, 0.5) is 4.39 Å². The van der Waals surface area contributed by atoms with Gasteiger partial charge in [-0.15, -0.1) is 0 Å². The van der Waals surface area contributed by atoms with Gasteiger partial charge in [-0.2, -0.15) is 0 Å². The van der Waals surface area contributed by atoms with E-state index in [1.807, 2.05) is 0 Å². The van der Waals surface area contributed by atoms with E-state index < -0.39 is 15.8 Å². The standard InChI is InChI=1S/C18H20BrFN2O4S/c1-22(12-13-26-17-5-3-2-4-16(17)20)18(23)10-11-21-27(24,25)15-8-6-14(19)7-9-15/h2-9,21H,10-13H2,1H3. The summed E-state index contributed by atoms with van der Waals surface area (Å²) in [4.78, 5) is 13.6. The van der Waals surface area contributed by atoms with Crippen LogP contribution in [0.5, 0.6) is 5.75 Å². The van der Waals surface area contributed by atoms with Crippen LogP contribution in [0, 0.1) is 5.82 Å². The molecule has 1 N–H and O–H groups in total. The van der Waals surface area contributed by atoms with Gasteiger partial charge in [0, 0.05) is 24.5 Å². The Morgan fingerprint density at radius 3 is 2.52 bits per heavy atom. The van der Waals surface area contributed by atoms with Crippen molar-refractivity contribution in [3.63, 3.8) is 0 Å². The van der Waals surface area contributed by atoms with E-state index in [9.17, 15) is 17.6 Å². The topological polar surface area (TPSA) is 75.7 Å². The van der Waals surface area contributed by atoms with Crippen molar-refractivity contribution < 1.29 is 22.3 Å². The van der Waals surface area contributed by atoms with Gasteiger partial charge in [0.2, 0.25) is 15.9 Å². The molecule has 146 valence electrons. The minimum atomic E-state index is -3.66. The van der Waals surface area contributed by atoms with Gasteiger partial charge in [-0.25, -0.2) is 17.5 Å². The second-order valence-electron chi connectivity index (χ2n) is 5.70. The monoisotopic (exact) mass is 458 g/mol. The van der Waals surface area contributed by atoms with E-state index in [0.717, 1.165) is 4.47 Å². The molecule has 27 heavy (non-hydrogen) atoms. The molecule has 0 aliphatic heterocycles. The van der Waals surface area contributed by atoms with Crippen molar-refractivity contribution in [2.45, 2.75) is 11.3 Å². The fraction of sp³-hybridized carbons (Fsp3) is 0.278. The highest BCUT2D eigenvalue weighted by Crippen LogP contribution is 2.15. The number of para-hydroxylation sites is 1. The molecular formula is C18H20BrFN2O4S. The van der Waals surface area contributed by atoms with E-state index in [0.29, 0.717) is 0 Å². The van der Waals surface area contributed by atoms with Crippen molar-refractivity contribution in [1.82, 2.24) is 9.62 Å². The molecule has 0 saturated carbocycles. The Labute approximate surface area is 166 Å². The number of halogens is 2. The van der Waals surface area contributed by atoms with E-state index in [4.69, 9.17) is 4.74 Å². The lowest BCUT2D eigenvalue weighted by Gasteiger charge is -2.18. The van der Waals surface area contributed by atoms with Gasteiger partial charge in [0.15, 0.2) is 11.6 Å². The first kappa shape index (κ1) is 21.3. The third-order valence-electron chi connectivity index (χ3n) is 3.70. The summed E-state index contributed by atoms with van der Waals surface area (Å²) in [6, 6.07) is 12.2. The van der Waals surface area contributed by atoms with Crippen LogP contribution in [0.3, 0.4) is 0 Å². The summed E-state index contributed by atoms with van der Waals surface area (Å²) in [5.74, 6) is -0.583. The lowest BCUT2D eigenvalue weighted by Crippen LogP contribution is -2.34. The van der Waals surface area contributed by atoms with Crippen molar-refractivity contribution in [3.8, 4) is 5.75 Å². The Kier molecular flexibility index (Phi) is 7.76. The first-order valence-corrected chi connectivity index (χ1v) is 10.4. The summed E-state index contributed by atoms with van der Waals surface area (Å²) in [7, 11) is -2.08. The molecular weight excluding hydrogens is 439 g/mol. The largest absolute Gasteiger partial charge is 0.489 e. The molecule has 0 bridgehead atoms. The number of benzene rings is 2. The number of nitrogens with one attached hydrogen (secondary N) is 1. The Hall–Kier alpha value is -1.97. The molecule has 2 rings (SSSR count). The number of hydrogen-bond acceptors (Lipinski definition) is 4. The maximum Gasteiger partial charge on any atom is 0.240 e. The molecule has 6 nitrogen and oxygen atoms in total. The van der Waals surface area contributed by atoms with Crippen LogP contribution in [0.15, 0.2) is 57.9 Å². The van der Waals surface area contributed by atoms with Crippen LogP contribution < -0.4 is 9.46 Å². The summed E-state index contributed by atoms with van der Waals surface area (Å²) in [5, 5.41) is 0. The van der Waals surface area contributed by atoms with E-state index in [2.05, 4.69) is 20.7 Å². The normalized spacial score (nSPS) is 11.2. The number of hydrogen-bond donors (Lipinski definition) is 1. The third kappa shape index (κ3) is 6.60. The van der Waals surface area contributed by atoms with Crippen LogP contribution in [0.25, 0.3) is 0 Å². The molecule has 0 saturated heterocycles. The molecule has 0 heterocycles. The zero-order chi connectivity index (χ0) is 19.9. The fourth-order valence-electron chi connectivity index (χ4n) is 2.16. The van der Waals surface area contributed by atoms with Gasteiger partial charge in [-0.05, 0) is 36.4 Å². The summed E-state index contributed by atoms with van der Waals surface area (Å²) in [6.45, 7) is 0.371. The fourth-order valence-corrected chi connectivity index (χ4v) is 3.46. The van der Waals surface area contributed by atoms with Gasteiger partial charge >= 0.3 is 0 Å². The molecule has 9 heteroatoms. The third-order valence-corrected chi connectivity index (χ3v) is 5.71. The second kappa shape index (κ2) is 9.82. The van der Waals surface area contributed by atoms with Crippen LogP contribution in [0.1, 0.15) is 6.42 Å². The number of carbonyl (C=O) groups is 1. The van der Waals surface area contributed by atoms with Crippen LogP contribution in [-0.4, -0.2) is 46.0 Å². The predicted molar refractivity (Wildman–Crippen MR) is 103 cm³/mol. The first-order valence-electron chi connectivity index (χ1n) is 8.16. The van der Waals surface area contributed by atoms with Gasteiger partial charge in [-0.1, -0.05) is 28.1 Å². The molecule has 0 fully saturated rings. The SMILES string of the molecule is CN(CCOc1ccccc1F)C(=O)CCNS(=O)(=O)c1ccc(Br)cc1. The molecule has 0 unspecified atom stereocenters. The van der Waals surface area contributed by atoms with Crippen LogP contribution in [0.2, 0.25) is 0 Å². The van der Waals surface area contributed by atoms with Crippen molar-refractivity contribution in [1.29, 1.82) is 0 Å². The van der Waals surface area contributed by atoms with E-state index >= 15 is 0 Å². The first-order chi connectivity index (χ1) is 12.8. The minimum absolute atomic E-state index is 0.00591. The highest BCUT2D eigenvalue weighted by molar-refractivity contribution is 9.10. The number of sulfonamides is 1. The maximum absolute atomic E-state index is 13.4. The second-order valence-corrected chi connectivity index (χ2v) is 8.38. The molecule has 0 atom stereocenters. The molecule has 0 aromatic heterocycles. The summed E-state index contributed by atoms with van der Waals surface area (Å²) < 4.78 is 46.2. The number of amides is 1. The number of ether oxygens (including phenoxy) is 1. The summed E-state index contributed by atoms with van der Waals surface area (Å²) in [6.07, 6.45) is 0.00591. The lowest BCUT2D eigenvalue weighted by atomic mass is 10.3. The highest BCUT2D eigenvalue weighted by Gasteiger charge is 2.15. The van der Waals surface area contributed by atoms with Gasteiger partial charge < -0.3 is 9.64 Å². The Morgan fingerprint density at radius 2 is 1.85 bits per heavy atom. The van der Waals surface area contributed by atoms with Crippen molar-refractivity contribution in [2.24, 2.45) is 0 Å². The average molecular weight is 459 g/mol. The van der Waals surface area contributed by atoms with E-state index in [-0.39, 0.29) is 42.7 Å². The molecule has 2 aromatic carbocycles. The molecule has 0 aliphatic rings. The van der Waals surface area contributed by atoms with Gasteiger partial charge in [0.05, 0.1) is 11.4 Å². The van der Waals surface area contributed by atoms with Gasteiger partial charge in [-0.3, -0.25) is 4.79 Å². The van der Waals surface area contributed by atoms with Crippen molar-refractivity contribution in [3.05, 3.63) is 58.8 Å². The number of rotatable bonds is 9. The van der Waals surface area contributed by atoms with Gasteiger partial charge in [0.25, 0.3) is 0 Å². The number of likely N-dealkylation sites (N-methyl/N-ethyl adjacent to an activating group) is 1. The average Bonchev–Trinajstić information content (AvgIpc) is 2.63. The van der Waals surface area contributed by atoms with Gasteiger partial charge in [0.1, 0.15) is 6.61 Å². The summed E-state index contributed by atoms with van der Waals surface area (Å²) in [5.41, 5.74) is 0. The lowest BCUT2D eigenvalue weighted by molar-refractivity contribution is -0.130. The highest BCUT2D eigenvalue weighted by atomic mass is 79.9. The Balaban J connectivity index is 1.74. The summed E-state index contributed by atoms with van der Waals surface area (Å²) >= 11 is 3.24. The minimum Gasteiger partial charge on any atom is -0.489 e. The maximum atomic E-state index is 13.4. The zero-order valence-corrected chi connectivity index (χ0v) is 17.1. The molecule has 0 aliphatic carbocycles. The van der Waals surface area contributed by atoms with Crippen LogP contribution in [-0.2, 0) is 14.8 Å². The Bertz CT molecular complexity index is 875. The van der Waals surface area contributed by atoms with Crippen molar-refractivity contribution in [2.75, 3.05) is 26.7 Å². The number of carbonyl (C=O) groups excluding carboxylic acids is 1. The van der Waals surface area contributed by atoms with E-state index in [1.54, 1.807) is 31.3 Å².